The molecule has 103 heavy (non-hydrogen) atoms. The standard InChI is InChI=1S/C64H88N12O27/c1-4-96-35-17-28(12-15-34(35)95-3)60-97-24-38-53(102-60)48(86)51(89)62(101-38)103-52-37(23-79)100-61(50(88)47(52)85)98-29-13-10-26(11-14-29)16-30-55(91)74-41(43(81)31-18-68-63(65)72-31)58(94)75-42(44(82)33-19-69-64(66)76(33)59-49(87)46(84)45(83)36(22-78)99-59)57(93)71-32(21-77)54(90)67-20-39(80)73-40(56(92)70-30)25(2)27-8-6-5-7-9-27/h5-15,17,25,30-33,36-38,40-53,59-62,77-79,81-89H,4,16,18-24H2,1-3H3,(H2,66,69)(H,67,90)(H,70,92)(H,71,93)(H,73,80)(H,74,91)(H,75,94)(H3,65,68,72). The van der Waals surface area contributed by atoms with E-state index in [1.807, 2.05) is 0 Å². The minimum absolute atomic E-state index is 0.0555. The van der Waals surface area contributed by atoms with Gasteiger partial charge in [0.05, 0.1) is 71.9 Å². The molecule has 6 amide bonds. The fraction of sp³-hybridized carbons (Fsp3) is 0.594. The van der Waals surface area contributed by atoms with Crippen LogP contribution >= 0.6 is 0 Å². The molecule has 5 fully saturated rings. The van der Waals surface area contributed by atoms with Crippen LogP contribution in [0, 0.1) is 0 Å². The van der Waals surface area contributed by atoms with Crippen LogP contribution in [-0.2, 0) is 63.6 Å². The van der Waals surface area contributed by atoms with Gasteiger partial charge in [0.15, 0.2) is 42.2 Å². The van der Waals surface area contributed by atoms with Gasteiger partial charge in [-0.1, -0.05) is 55.5 Å². The van der Waals surface area contributed by atoms with Crippen molar-refractivity contribution in [2.45, 2.75) is 179 Å². The Morgan fingerprint density at radius 3 is 1.97 bits per heavy atom. The van der Waals surface area contributed by atoms with Crippen molar-refractivity contribution in [2.75, 3.05) is 59.8 Å². The van der Waals surface area contributed by atoms with E-state index in [4.69, 9.17) is 54.1 Å². The van der Waals surface area contributed by atoms with E-state index >= 15 is 9.59 Å². The number of nitrogens with two attached hydrogens (primary N) is 2. The summed E-state index contributed by atoms with van der Waals surface area (Å²) >= 11 is 0. The molecule has 3 aromatic carbocycles. The molecule has 0 saturated carbocycles. The number of ether oxygens (including phenoxy) is 9. The largest absolute Gasteiger partial charge is 0.493 e. The van der Waals surface area contributed by atoms with Crippen LogP contribution in [0.1, 0.15) is 42.7 Å². The molecule has 23 N–H and O–H groups in total. The molecule has 0 radical (unpaired) electrons. The summed E-state index contributed by atoms with van der Waals surface area (Å²) in [5, 5.41) is 151. The van der Waals surface area contributed by atoms with Gasteiger partial charge in [-0.2, -0.15) is 0 Å². The number of benzene rings is 3. The summed E-state index contributed by atoms with van der Waals surface area (Å²) in [4.78, 5) is 96.6. The van der Waals surface area contributed by atoms with Crippen LogP contribution in [0.2, 0.25) is 0 Å². The first kappa shape index (κ1) is 77.3. The molecule has 10 rings (SSSR count). The van der Waals surface area contributed by atoms with Crippen molar-refractivity contribution < 1.29 is 133 Å². The summed E-state index contributed by atoms with van der Waals surface area (Å²) in [7, 11) is 1.48. The molecule has 39 heteroatoms. The van der Waals surface area contributed by atoms with Gasteiger partial charge in [-0.25, -0.2) is 0 Å². The van der Waals surface area contributed by atoms with E-state index in [0.29, 0.717) is 29.2 Å². The van der Waals surface area contributed by atoms with E-state index in [-0.39, 0.29) is 30.4 Å². The highest BCUT2D eigenvalue weighted by Crippen LogP contribution is 2.39. The molecule has 0 aliphatic carbocycles. The Bertz CT molecular complexity index is 3500. The van der Waals surface area contributed by atoms with Gasteiger partial charge in [0.1, 0.15) is 121 Å². The van der Waals surface area contributed by atoms with Crippen molar-refractivity contribution in [1.29, 1.82) is 0 Å². The lowest BCUT2D eigenvalue weighted by Crippen LogP contribution is -2.70. The zero-order valence-electron chi connectivity index (χ0n) is 55.8. The topological polar surface area (TPSA) is 592 Å². The maximum Gasteiger partial charge on any atom is 0.246 e. The van der Waals surface area contributed by atoms with Crippen LogP contribution in [-0.4, -0.2) is 320 Å². The normalized spacial score (nSPS) is 35.8. The molecule has 7 aliphatic heterocycles. The summed E-state index contributed by atoms with van der Waals surface area (Å²) in [5.74, 6) is -8.09. The minimum Gasteiger partial charge on any atom is -0.493 e. The highest BCUT2D eigenvalue weighted by molar-refractivity contribution is 5.98. The first-order valence-corrected chi connectivity index (χ1v) is 33.2. The highest BCUT2D eigenvalue weighted by Gasteiger charge is 2.55. The van der Waals surface area contributed by atoms with Gasteiger partial charge in [0, 0.05) is 17.9 Å². The Morgan fingerprint density at radius 2 is 1.30 bits per heavy atom. The lowest BCUT2D eigenvalue weighted by molar-refractivity contribution is -0.383. The van der Waals surface area contributed by atoms with E-state index < -0.39 is 239 Å². The molecule has 7 aliphatic rings. The third-order valence-corrected chi connectivity index (χ3v) is 18.8. The molecule has 26 atom stereocenters. The summed E-state index contributed by atoms with van der Waals surface area (Å²) < 4.78 is 52.6. The van der Waals surface area contributed by atoms with Gasteiger partial charge in [0.25, 0.3) is 0 Å². The number of guanidine groups is 2. The fourth-order valence-corrected chi connectivity index (χ4v) is 13.0. The average molecular weight is 1460 g/mol. The molecule has 39 nitrogen and oxygen atoms in total. The second kappa shape index (κ2) is 34.1. The van der Waals surface area contributed by atoms with E-state index in [1.54, 1.807) is 62.4 Å². The van der Waals surface area contributed by atoms with Gasteiger partial charge in [-0.3, -0.25) is 38.8 Å². The SMILES string of the molecule is CCOc1cc(C2OCC3OC(OC4C(CO)OC(Oc5ccc(CC6NC(=O)C(C(C)c7ccccc7)NC(=O)CNC(=O)C(CO)NC(=O)C(C(O)C7CN=C(N)N7C7OC(CO)C(O)C(O)C7O)NC(=O)C(C(O)C7CN=C(N)N7)NC6=O)cc5)C(O)C4O)C(O)C(O)C3O2)ccc1OC. The Balaban J connectivity index is 0.894. The van der Waals surface area contributed by atoms with Crippen LogP contribution in [0.25, 0.3) is 0 Å². The minimum atomic E-state index is -2.35. The number of rotatable bonds is 20. The molecule has 566 valence electrons. The maximum absolute atomic E-state index is 15.2. The number of nitrogens with zero attached hydrogens (tertiary/aromatic N) is 3. The van der Waals surface area contributed by atoms with Crippen molar-refractivity contribution in [2.24, 2.45) is 21.5 Å². The summed E-state index contributed by atoms with van der Waals surface area (Å²) in [6.07, 6.45) is -31.2. The second-order valence-electron chi connectivity index (χ2n) is 25.5. The zero-order chi connectivity index (χ0) is 74.2. The average Bonchev–Trinajstić information content (AvgIpc) is 1.62. The second-order valence-corrected chi connectivity index (χ2v) is 25.5. The van der Waals surface area contributed by atoms with E-state index in [9.17, 15) is 80.5 Å². The number of aliphatic imine (C=N–C) groups is 2. The van der Waals surface area contributed by atoms with Crippen molar-refractivity contribution >= 4 is 47.4 Å². The van der Waals surface area contributed by atoms with E-state index in [2.05, 4.69) is 47.2 Å². The molecule has 5 saturated heterocycles. The van der Waals surface area contributed by atoms with Crippen LogP contribution in [0.3, 0.4) is 0 Å². The van der Waals surface area contributed by atoms with Crippen LogP contribution in [0.4, 0.5) is 0 Å². The number of carbonyl (C=O) groups is 6. The Morgan fingerprint density at radius 1 is 0.631 bits per heavy atom. The Labute approximate surface area is 587 Å². The number of amides is 6. The molecule has 3 aromatic rings. The monoisotopic (exact) mass is 1460 g/mol. The molecule has 0 bridgehead atoms. The van der Waals surface area contributed by atoms with Crippen LogP contribution in [0.15, 0.2) is 82.8 Å². The number of nitrogens with one attached hydrogen (secondary N) is 7. The summed E-state index contributed by atoms with van der Waals surface area (Å²) in [6.45, 7) is -1.16. The Kier molecular flexibility index (Phi) is 25.6. The maximum atomic E-state index is 15.2. The van der Waals surface area contributed by atoms with Crippen LogP contribution in [0.5, 0.6) is 17.2 Å². The summed E-state index contributed by atoms with van der Waals surface area (Å²) in [6, 6.07) is 5.91. The van der Waals surface area contributed by atoms with Crippen molar-refractivity contribution in [3.05, 3.63) is 89.5 Å². The molecular weight excluding hydrogens is 1370 g/mol. The van der Waals surface area contributed by atoms with E-state index in [0.717, 1.165) is 4.90 Å². The third-order valence-electron chi connectivity index (χ3n) is 18.8. The number of hydrogen-bond donors (Lipinski definition) is 21. The quantitative estimate of drug-likeness (QED) is 0.0499. The number of carbonyl (C=O) groups excluding carboxylic acids is 6. The number of fused-ring (bicyclic) bond motifs is 1. The van der Waals surface area contributed by atoms with Gasteiger partial charge in [-0.15, -0.1) is 0 Å². The van der Waals surface area contributed by atoms with Crippen molar-refractivity contribution in [3.63, 3.8) is 0 Å². The van der Waals surface area contributed by atoms with Gasteiger partial charge >= 0.3 is 0 Å². The van der Waals surface area contributed by atoms with Gasteiger partial charge in [0.2, 0.25) is 41.7 Å². The number of hydrogen-bond acceptors (Lipinski definition) is 33. The van der Waals surface area contributed by atoms with Crippen molar-refractivity contribution in [3.8, 4) is 17.2 Å². The summed E-state index contributed by atoms with van der Waals surface area (Å²) in [5.41, 5.74) is 13.4. The Hall–Kier alpha value is -8.30. The first-order valence-electron chi connectivity index (χ1n) is 33.2. The smallest absolute Gasteiger partial charge is 0.246 e. The van der Waals surface area contributed by atoms with Gasteiger partial charge in [-0.05, 0) is 42.3 Å². The predicted octanol–water partition coefficient (Wildman–Crippen LogP) is -10.4. The molecule has 7 heterocycles. The zero-order valence-corrected chi connectivity index (χ0v) is 55.8. The molecular formula is C64H88N12O27. The van der Waals surface area contributed by atoms with Gasteiger partial charge < -0.3 is 157 Å². The number of aliphatic hydroxyl groups excluding tert-OH is 12. The number of aliphatic hydroxyl groups is 12. The fourth-order valence-electron chi connectivity index (χ4n) is 13.0. The molecule has 0 spiro atoms. The third kappa shape index (κ3) is 17.3. The lowest BCUT2D eigenvalue weighted by atomic mass is 9.92. The van der Waals surface area contributed by atoms with Crippen molar-refractivity contribution in [1.82, 2.24) is 42.1 Å². The molecule has 0 aromatic heterocycles. The highest BCUT2D eigenvalue weighted by atomic mass is 16.8. The van der Waals surface area contributed by atoms with Crippen LogP contribution < -0.4 is 62.9 Å². The first-order chi connectivity index (χ1) is 49.3. The number of methoxy groups -OCH3 is 1. The molecule has 26 unspecified atom stereocenters. The van der Waals surface area contributed by atoms with E-state index in [1.165, 1.54) is 31.4 Å². The lowest BCUT2D eigenvalue weighted by Gasteiger charge is -2.48. The predicted molar refractivity (Wildman–Crippen MR) is 348 cm³/mol.